The van der Waals surface area contributed by atoms with Gasteiger partial charge in [0, 0.05) is 17.8 Å². The van der Waals surface area contributed by atoms with E-state index in [1.165, 1.54) is 44.3 Å². The monoisotopic (exact) mass is 327 g/mol. The highest BCUT2D eigenvalue weighted by Crippen LogP contribution is 2.27. The van der Waals surface area contributed by atoms with Crippen LogP contribution >= 0.6 is 11.8 Å². The lowest BCUT2D eigenvalue weighted by molar-refractivity contribution is 0.146. The van der Waals surface area contributed by atoms with E-state index in [0.717, 1.165) is 18.4 Å². The Morgan fingerprint density at radius 3 is 2.00 bits per heavy atom. The van der Waals surface area contributed by atoms with Crippen LogP contribution in [-0.2, 0) is 0 Å². The minimum absolute atomic E-state index is 0.715. The zero-order valence-corrected chi connectivity index (χ0v) is 17.1. The van der Waals surface area contributed by atoms with Crippen LogP contribution in [0.5, 0.6) is 0 Å². The van der Waals surface area contributed by atoms with E-state index in [1.807, 2.05) is 11.8 Å². The van der Waals surface area contributed by atoms with Gasteiger partial charge in [0.1, 0.15) is 0 Å². The maximum absolute atomic E-state index is 2.80. The Hall–Kier alpha value is -0.110. The van der Waals surface area contributed by atoms with E-state index >= 15 is 0 Å². The Morgan fingerprint density at radius 1 is 1.00 bits per heavy atom. The van der Waals surface area contributed by atoms with Crippen molar-refractivity contribution in [3.63, 3.8) is 0 Å². The standard InChI is InChI=1S/C20H41NS/c1-8-13-19(11-4)21(18(9-2)10-3)20(12-5)15-14-17(6)16-22-7/h9,17,19-20H,8,10-16H2,1-7H3/b18-9+. The smallest absolute Gasteiger partial charge is 0.0287 e. The second-order valence-electron chi connectivity index (χ2n) is 6.59. The molecule has 1 nitrogen and oxygen atoms in total. The summed E-state index contributed by atoms with van der Waals surface area (Å²) in [5.74, 6) is 2.14. The molecule has 0 N–H and O–H groups in total. The van der Waals surface area contributed by atoms with Crippen molar-refractivity contribution in [2.45, 2.75) is 98.6 Å². The summed E-state index contributed by atoms with van der Waals surface area (Å²) in [4.78, 5) is 2.80. The first-order valence-corrected chi connectivity index (χ1v) is 10.9. The summed E-state index contributed by atoms with van der Waals surface area (Å²) in [5.41, 5.74) is 1.56. The van der Waals surface area contributed by atoms with Crippen LogP contribution in [0.4, 0.5) is 0 Å². The maximum atomic E-state index is 2.80. The number of hydrogen-bond donors (Lipinski definition) is 0. The van der Waals surface area contributed by atoms with Gasteiger partial charge in [-0.1, -0.05) is 47.1 Å². The molecule has 0 saturated carbocycles. The summed E-state index contributed by atoms with van der Waals surface area (Å²) in [5, 5.41) is 0. The fourth-order valence-corrected chi connectivity index (χ4v) is 4.30. The summed E-state index contributed by atoms with van der Waals surface area (Å²) < 4.78 is 0. The fraction of sp³-hybridized carbons (Fsp3) is 0.900. The highest BCUT2D eigenvalue weighted by Gasteiger charge is 2.25. The molecule has 0 aliphatic rings. The Kier molecular flexibility index (Phi) is 13.3. The molecule has 0 heterocycles. The lowest BCUT2D eigenvalue weighted by atomic mass is 9.95. The number of thioether (sulfide) groups is 1. The molecule has 0 amide bonds. The lowest BCUT2D eigenvalue weighted by Gasteiger charge is -2.41. The summed E-state index contributed by atoms with van der Waals surface area (Å²) in [6.45, 7) is 14.0. The zero-order valence-electron chi connectivity index (χ0n) is 16.3. The van der Waals surface area contributed by atoms with Gasteiger partial charge in [-0.05, 0) is 63.4 Å². The molecular weight excluding hydrogens is 286 g/mol. The molecule has 0 aromatic rings. The van der Waals surface area contributed by atoms with Crippen molar-refractivity contribution < 1.29 is 0 Å². The number of hydrogen-bond acceptors (Lipinski definition) is 2. The van der Waals surface area contributed by atoms with Crippen LogP contribution in [0.25, 0.3) is 0 Å². The van der Waals surface area contributed by atoms with Gasteiger partial charge in [0.05, 0.1) is 0 Å². The SMILES string of the molecule is C/C=C(\CC)N(C(CC)CCC)C(CC)CCC(C)CSC. The van der Waals surface area contributed by atoms with Gasteiger partial charge in [0.15, 0.2) is 0 Å². The third-order valence-corrected chi connectivity index (χ3v) is 5.72. The van der Waals surface area contributed by atoms with E-state index in [9.17, 15) is 0 Å². The van der Waals surface area contributed by atoms with Crippen LogP contribution in [-0.4, -0.2) is 29.0 Å². The summed E-state index contributed by atoms with van der Waals surface area (Å²) in [6, 6.07) is 1.43. The van der Waals surface area contributed by atoms with Crippen molar-refractivity contribution in [2.24, 2.45) is 5.92 Å². The van der Waals surface area contributed by atoms with Gasteiger partial charge >= 0.3 is 0 Å². The van der Waals surface area contributed by atoms with E-state index in [2.05, 4.69) is 58.8 Å². The van der Waals surface area contributed by atoms with Crippen molar-refractivity contribution in [1.29, 1.82) is 0 Å². The molecular formula is C20H41NS. The van der Waals surface area contributed by atoms with Crippen molar-refractivity contribution in [3.05, 3.63) is 11.8 Å². The first-order chi connectivity index (χ1) is 10.6. The van der Waals surface area contributed by atoms with Gasteiger partial charge in [-0.3, -0.25) is 0 Å². The van der Waals surface area contributed by atoms with Gasteiger partial charge in [-0.25, -0.2) is 0 Å². The maximum Gasteiger partial charge on any atom is 0.0287 e. The Bertz CT molecular complexity index is 287. The average Bonchev–Trinajstić information content (AvgIpc) is 2.53. The predicted octanol–water partition coefficient (Wildman–Crippen LogP) is 6.74. The van der Waals surface area contributed by atoms with E-state index in [-0.39, 0.29) is 0 Å². The minimum atomic E-state index is 0.715. The molecule has 0 rings (SSSR count). The van der Waals surface area contributed by atoms with Gasteiger partial charge < -0.3 is 4.90 Å². The molecule has 3 unspecified atom stereocenters. The lowest BCUT2D eigenvalue weighted by Crippen LogP contribution is -2.42. The Labute approximate surface area is 145 Å². The molecule has 0 radical (unpaired) electrons. The average molecular weight is 328 g/mol. The Morgan fingerprint density at radius 2 is 1.59 bits per heavy atom. The molecule has 0 aliphatic heterocycles. The summed E-state index contributed by atoms with van der Waals surface area (Å²) >= 11 is 1.99. The van der Waals surface area contributed by atoms with E-state index in [1.54, 1.807) is 5.70 Å². The number of allylic oxidation sites excluding steroid dienone is 2. The van der Waals surface area contributed by atoms with Crippen molar-refractivity contribution in [3.8, 4) is 0 Å². The van der Waals surface area contributed by atoms with Gasteiger partial charge in [-0.2, -0.15) is 11.8 Å². The molecule has 2 heteroatoms. The van der Waals surface area contributed by atoms with Gasteiger partial charge in [0.2, 0.25) is 0 Å². The molecule has 0 bridgehead atoms. The van der Waals surface area contributed by atoms with E-state index in [4.69, 9.17) is 0 Å². The first-order valence-electron chi connectivity index (χ1n) is 9.51. The van der Waals surface area contributed by atoms with Crippen LogP contribution in [0.1, 0.15) is 86.5 Å². The molecule has 0 aromatic heterocycles. The second kappa shape index (κ2) is 13.3. The van der Waals surface area contributed by atoms with Crippen molar-refractivity contribution in [1.82, 2.24) is 4.90 Å². The zero-order chi connectivity index (χ0) is 17.0. The van der Waals surface area contributed by atoms with Crippen LogP contribution in [0.15, 0.2) is 11.8 Å². The van der Waals surface area contributed by atoms with Gasteiger partial charge in [-0.15, -0.1) is 0 Å². The van der Waals surface area contributed by atoms with Gasteiger partial charge in [0.25, 0.3) is 0 Å². The first kappa shape index (κ1) is 21.9. The number of nitrogens with zero attached hydrogens (tertiary/aromatic N) is 1. The third-order valence-electron chi connectivity index (χ3n) is 4.82. The van der Waals surface area contributed by atoms with Crippen LogP contribution in [0.2, 0.25) is 0 Å². The summed E-state index contributed by atoms with van der Waals surface area (Å²) in [7, 11) is 0. The Balaban J connectivity index is 5.07. The number of rotatable bonds is 13. The third kappa shape index (κ3) is 7.44. The summed E-state index contributed by atoms with van der Waals surface area (Å²) in [6.07, 6.45) is 13.6. The normalized spacial score (nSPS) is 16.4. The molecule has 22 heavy (non-hydrogen) atoms. The van der Waals surface area contributed by atoms with E-state index in [0.29, 0.717) is 6.04 Å². The topological polar surface area (TPSA) is 3.24 Å². The molecule has 0 aromatic carbocycles. The van der Waals surface area contributed by atoms with E-state index < -0.39 is 0 Å². The fourth-order valence-electron chi connectivity index (χ4n) is 3.56. The van der Waals surface area contributed by atoms with Crippen molar-refractivity contribution in [2.75, 3.05) is 12.0 Å². The largest absolute Gasteiger partial charge is 0.369 e. The molecule has 0 fully saturated rings. The van der Waals surface area contributed by atoms with Crippen LogP contribution < -0.4 is 0 Å². The highest BCUT2D eigenvalue weighted by molar-refractivity contribution is 7.98. The molecule has 0 aliphatic carbocycles. The predicted molar refractivity (Wildman–Crippen MR) is 106 cm³/mol. The minimum Gasteiger partial charge on any atom is -0.369 e. The molecule has 0 saturated heterocycles. The van der Waals surface area contributed by atoms with Crippen LogP contribution in [0, 0.1) is 5.92 Å². The second-order valence-corrected chi connectivity index (χ2v) is 7.50. The van der Waals surface area contributed by atoms with Crippen molar-refractivity contribution >= 4 is 11.8 Å². The molecule has 3 atom stereocenters. The molecule has 132 valence electrons. The highest BCUT2D eigenvalue weighted by atomic mass is 32.2. The quantitative estimate of drug-likeness (QED) is 0.368. The molecule has 0 spiro atoms. The van der Waals surface area contributed by atoms with Crippen LogP contribution in [0.3, 0.4) is 0 Å².